The number of nitrogens with zero attached hydrogens (tertiary/aromatic N) is 1. The van der Waals surface area contributed by atoms with Crippen LogP contribution in [0.4, 0.5) is 4.39 Å². The number of hydrogen-bond acceptors (Lipinski definition) is 2. The van der Waals surface area contributed by atoms with Crippen molar-refractivity contribution in [2.45, 2.75) is 26.4 Å². The van der Waals surface area contributed by atoms with E-state index in [0.29, 0.717) is 6.54 Å². The van der Waals surface area contributed by atoms with Gasteiger partial charge in [-0.25, -0.2) is 4.39 Å². The van der Waals surface area contributed by atoms with Crippen molar-refractivity contribution in [3.63, 3.8) is 0 Å². The summed E-state index contributed by atoms with van der Waals surface area (Å²) in [5.41, 5.74) is 7.11. The summed E-state index contributed by atoms with van der Waals surface area (Å²) in [7, 11) is 0. The molecule has 0 spiro atoms. The molecule has 1 heterocycles. The fourth-order valence-electron chi connectivity index (χ4n) is 2.26. The van der Waals surface area contributed by atoms with Crippen LogP contribution in [-0.2, 0) is 13.1 Å². The maximum atomic E-state index is 13.7. The van der Waals surface area contributed by atoms with Gasteiger partial charge in [-0.15, -0.1) is 0 Å². The van der Waals surface area contributed by atoms with Gasteiger partial charge in [0.05, 0.1) is 0 Å². The molecule has 2 N–H and O–H groups in total. The van der Waals surface area contributed by atoms with Gasteiger partial charge in [0, 0.05) is 25.2 Å². The highest BCUT2D eigenvalue weighted by Gasteiger charge is 2.19. The fourth-order valence-corrected chi connectivity index (χ4v) is 2.26. The lowest BCUT2D eigenvalue weighted by Crippen LogP contribution is -2.20. The first-order chi connectivity index (χ1) is 7.69. The van der Waals surface area contributed by atoms with E-state index < -0.39 is 0 Å². The third-order valence-electron chi connectivity index (χ3n) is 3.26. The van der Waals surface area contributed by atoms with Crippen molar-refractivity contribution in [2.75, 3.05) is 13.1 Å². The van der Waals surface area contributed by atoms with Crippen LogP contribution in [0.1, 0.15) is 24.5 Å². The summed E-state index contributed by atoms with van der Waals surface area (Å²) < 4.78 is 13.7. The van der Waals surface area contributed by atoms with E-state index in [1.807, 2.05) is 12.1 Å². The van der Waals surface area contributed by atoms with Crippen molar-refractivity contribution in [1.29, 1.82) is 0 Å². The standard InChI is InChI=1S/C13H19FN2/c1-10-4-5-16(8-10)9-12-3-2-11(7-15)6-13(12)14/h2-3,6,10H,4-5,7-9,15H2,1H3. The maximum Gasteiger partial charge on any atom is 0.128 e. The summed E-state index contributed by atoms with van der Waals surface area (Å²) in [6.07, 6.45) is 1.22. The van der Waals surface area contributed by atoms with Crippen LogP contribution in [-0.4, -0.2) is 18.0 Å². The predicted octanol–water partition coefficient (Wildman–Crippen LogP) is 2.13. The molecule has 1 unspecified atom stereocenters. The fraction of sp³-hybridized carbons (Fsp3) is 0.538. The molecule has 1 aliphatic rings. The Morgan fingerprint density at radius 2 is 2.31 bits per heavy atom. The zero-order valence-electron chi connectivity index (χ0n) is 9.75. The zero-order chi connectivity index (χ0) is 11.5. The van der Waals surface area contributed by atoms with Gasteiger partial charge in [0.1, 0.15) is 5.82 Å². The Morgan fingerprint density at radius 1 is 1.50 bits per heavy atom. The first kappa shape index (κ1) is 11.6. The van der Waals surface area contributed by atoms with Crippen LogP contribution in [0.5, 0.6) is 0 Å². The summed E-state index contributed by atoms with van der Waals surface area (Å²) >= 11 is 0. The van der Waals surface area contributed by atoms with Crippen LogP contribution in [0.25, 0.3) is 0 Å². The molecule has 0 aliphatic carbocycles. The lowest BCUT2D eigenvalue weighted by Gasteiger charge is -2.16. The second-order valence-corrected chi connectivity index (χ2v) is 4.76. The largest absolute Gasteiger partial charge is 0.326 e. The Balaban J connectivity index is 2.04. The molecule has 0 bridgehead atoms. The summed E-state index contributed by atoms with van der Waals surface area (Å²) in [5, 5.41) is 0. The normalized spacial score (nSPS) is 21.6. The van der Waals surface area contributed by atoms with Crippen molar-refractivity contribution in [2.24, 2.45) is 11.7 Å². The highest BCUT2D eigenvalue weighted by Crippen LogP contribution is 2.19. The number of benzene rings is 1. The number of hydrogen-bond donors (Lipinski definition) is 1. The molecule has 0 saturated carbocycles. The minimum atomic E-state index is -0.123. The Labute approximate surface area is 96.2 Å². The Hall–Kier alpha value is -0.930. The molecule has 1 aliphatic heterocycles. The molecule has 1 aromatic rings. The molecule has 88 valence electrons. The van der Waals surface area contributed by atoms with Gasteiger partial charge in [-0.3, -0.25) is 4.90 Å². The molecule has 16 heavy (non-hydrogen) atoms. The summed E-state index contributed by atoms with van der Waals surface area (Å²) in [4.78, 5) is 2.31. The predicted molar refractivity (Wildman–Crippen MR) is 63.3 cm³/mol. The quantitative estimate of drug-likeness (QED) is 0.849. The van der Waals surface area contributed by atoms with E-state index in [9.17, 15) is 4.39 Å². The molecular formula is C13H19FN2. The average molecular weight is 222 g/mol. The van der Waals surface area contributed by atoms with Crippen molar-refractivity contribution < 1.29 is 4.39 Å². The van der Waals surface area contributed by atoms with Crippen LogP contribution >= 0.6 is 0 Å². The zero-order valence-corrected chi connectivity index (χ0v) is 9.75. The molecular weight excluding hydrogens is 203 g/mol. The SMILES string of the molecule is CC1CCN(Cc2ccc(CN)cc2F)C1. The van der Waals surface area contributed by atoms with E-state index in [0.717, 1.165) is 36.7 Å². The lowest BCUT2D eigenvalue weighted by molar-refractivity contribution is 0.315. The van der Waals surface area contributed by atoms with Gasteiger partial charge in [-0.1, -0.05) is 19.1 Å². The highest BCUT2D eigenvalue weighted by atomic mass is 19.1. The smallest absolute Gasteiger partial charge is 0.128 e. The average Bonchev–Trinajstić information content (AvgIpc) is 2.67. The third kappa shape index (κ3) is 2.60. The monoisotopic (exact) mass is 222 g/mol. The van der Waals surface area contributed by atoms with Crippen molar-refractivity contribution in [3.8, 4) is 0 Å². The summed E-state index contributed by atoms with van der Waals surface area (Å²) in [6.45, 7) is 5.53. The minimum Gasteiger partial charge on any atom is -0.326 e. The Bertz CT molecular complexity index is 365. The first-order valence-electron chi connectivity index (χ1n) is 5.88. The number of rotatable bonds is 3. The van der Waals surface area contributed by atoms with Crippen LogP contribution in [0, 0.1) is 11.7 Å². The molecule has 1 saturated heterocycles. The topological polar surface area (TPSA) is 29.3 Å². The van der Waals surface area contributed by atoms with E-state index in [1.165, 1.54) is 6.42 Å². The third-order valence-corrected chi connectivity index (χ3v) is 3.26. The maximum absolute atomic E-state index is 13.7. The highest BCUT2D eigenvalue weighted by molar-refractivity contribution is 5.24. The number of nitrogens with two attached hydrogens (primary N) is 1. The van der Waals surface area contributed by atoms with E-state index in [-0.39, 0.29) is 5.82 Å². The summed E-state index contributed by atoms with van der Waals surface area (Å²) in [5.74, 6) is 0.619. The second kappa shape index (κ2) is 4.93. The summed E-state index contributed by atoms with van der Waals surface area (Å²) in [6, 6.07) is 5.33. The molecule has 2 rings (SSSR count). The molecule has 1 fully saturated rings. The van der Waals surface area contributed by atoms with Crippen LogP contribution in [0.15, 0.2) is 18.2 Å². The van der Waals surface area contributed by atoms with Crippen LogP contribution < -0.4 is 5.73 Å². The van der Waals surface area contributed by atoms with Crippen molar-refractivity contribution >= 4 is 0 Å². The lowest BCUT2D eigenvalue weighted by atomic mass is 10.1. The number of halogens is 1. The minimum absolute atomic E-state index is 0.123. The molecule has 0 aromatic heterocycles. The Kier molecular flexibility index (Phi) is 3.56. The Morgan fingerprint density at radius 3 is 2.88 bits per heavy atom. The molecule has 1 aromatic carbocycles. The second-order valence-electron chi connectivity index (χ2n) is 4.76. The molecule has 0 radical (unpaired) electrons. The van der Waals surface area contributed by atoms with Crippen molar-refractivity contribution in [3.05, 3.63) is 35.1 Å². The van der Waals surface area contributed by atoms with E-state index in [4.69, 9.17) is 5.73 Å². The molecule has 1 atom stereocenters. The van der Waals surface area contributed by atoms with Gasteiger partial charge in [0.25, 0.3) is 0 Å². The van der Waals surface area contributed by atoms with Gasteiger partial charge in [-0.05, 0) is 30.5 Å². The van der Waals surface area contributed by atoms with E-state index in [2.05, 4.69) is 11.8 Å². The van der Waals surface area contributed by atoms with Crippen molar-refractivity contribution in [1.82, 2.24) is 4.90 Å². The van der Waals surface area contributed by atoms with E-state index in [1.54, 1.807) is 6.07 Å². The molecule has 3 heteroatoms. The van der Waals surface area contributed by atoms with Gasteiger partial charge >= 0.3 is 0 Å². The van der Waals surface area contributed by atoms with Gasteiger partial charge in [-0.2, -0.15) is 0 Å². The van der Waals surface area contributed by atoms with Crippen LogP contribution in [0.3, 0.4) is 0 Å². The molecule has 0 amide bonds. The van der Waals surface area contributed by atoms with Gasteiger partial charge < -0.3 is 5.73 Å². The number of likely N-dealkylation sites (tertiary alicyclic amines) is 1. The van der Waals surface area contributed by atoms with Gasteiger partial charge in [0.2, 0.25) is 0 Å². The van der Waals surface area contributed by atoms with E-state index >= 15 is 0 Å². The van der Waals surface area contributed by atoms with Crippen LogP contribution in [0.2, 0.25) is 0 Å². The molecule has 2 nitrogen and oxygen atoms in total. The van der Waals surface area contributed by atoms with Gasteiger partial charge in [0.15, 0.2) is 0 Å². The first-order valence-corrected chi connectivity index (χ1v) is 5.88.